The van der Waals surface area contributed by atoms with Crippen molar-refractivity contribution in [3.63, 3.8) is 0 Å². The smallest absolute Gasteiger partial charge is 0.288 e. The van der Waals surface area contributed by atoms with E-state index in [0.717, 1.165) is 0 Å². The SMILES string of the molecule is Cc1c(N)nnn1-c1ccc([N+](=O)[O-])c(Cl)c1. The molecule has 17 heavy (non-hydrogen) atoms. The lowest BCUT2D eigenvalue weighted by molar-refractivity contribution is -0.384. The Balaban J connectivity index is 2.52. The molecule has 0 unspecified atom stereocenters. The summed E-state index contributed by atoms with van der Waals surface area (Å²) in [4.78, 5) is 10.1. The van der Waals surface area contributed by atoms with Crippen molar-refractivity contribution in [1.29, 1.82) is 0 Å². The van der Waals surface area contributed by atoms with E-state index in [-0.39, 0.29) is 10.7 Å². The first-order valence-electron chi connectivity index (χ1n) is 4.63. The number of rotatable bonds is 2. The number of nitrogens with two attached hydrogens (primary N) is 1. The van der Waals surface area contributed by atoms with Crippen molar-refractivity contribution in [2.75, 3.05) is 5.73 Å². The van der Waals surface area contributed by atoms with Crippen LogP contribution in [0.3, 0.4) is 0 Å². The number of aromatic nitrogens is 3. The molecule has 0 aliphatic carbocycles. The second kappa shape index (κ2) is 4.02. The summed E-state index contributed by atoms with van der Waals surface area (Å²) >= 11 is 5.80. The molecule has 8 heteroatoms. The topological polar surface area (TPSA) is 99.9 Å². The Morgan fingerprint density at radius 1 is 1.53 bits per heavy atom. The van der Waals surface area contributed by atoms with Crippen LogP contribution in [0, 0.1) is 17.0 Å². The molecule has 1 aromatic carbocycles. The molecule has 0 aliphatic heterocycles. The third-order valence-electron chi connectivity index (χ3n) is 2.30. The van der Waals surface area contributed by atoms with Crippen molar-refractivity contribution in [3.8, 4) is 5.69 Å². The van der Waals surface area contributed by atoms with Crippen molar-refractivity contribution in [3.05, 3.63) is 39.0 Å². The molecule has 0 spiro atoms. The first kappa shape index (κ1) is 11.3. The minimum atomic E-state index is -0.547. The number of halogens is 1. The summed E-state index contributed by atoms with van der Waals surface area (Å²) in [6.07, 6.45) is 0. The fourth-order valence-corrected chi connectivity index (χ4v) is 1.61. The Kier molecular flexibility index (Phi) is 2.68. The van der Waals surface area contributed by atoms with Crippen LogP contribution in [0.1, 0.15) is 5.69 Å². The van der Waals surface area contributed by atoms with Crippen molar-refractivity contribution in [2.45, 2.75) is 6.92 Å². The third-order valence-corrected chi connectivity index (χ3v) is 2.61. The predicted molar refractivity (Wildman–Crippen MR) is 62.2 cm³/mol. The molecule has 1 aromatic heterocycles. The highest BCUT2D eigenvalue weighted by atomic mass is 35.5. The summed E-state index contributed by atoms with van der Waals surface area (Å²) in [5, 5.41) is 18.2. The van der Waals surface area contributed by atoms with Crippen molar-refractivity contribution >= 4 is 23.1 Å². The highest BCUT2D eigenvalue weighted by Gasteiger charge is 2.14. The van der Waals surface area contributed by atoms with Crippen LogP contribution in [0.4, 0.5) is 11.5 Å². The van der Waals surface area contributed by atoms with E-state index in [9.17, 15) is 10.1 Å². The van der Waals surface area contributed by atoms with Gasteiger partial charge >= 0.3 is 0 Å². The fraction of sp³-hybridized carbons (Fsp3) is 0.111. The van der Waals surface area contributed by atoms with Crippen LogP contribution in [-0.2, 0) is 0 Å². The largest absolute Gasteiger partial charge is 0.381 e. The number of nitro groups is 1. The number of nitrogen functional groups attached to an aromatic ring is 1. The standard InChI is InChI=1S/C9H8ClN5O2/c1-5-9(11)12-13-14(5)6-2-3-8(15(16)17)7(10)4-6/h2-4H,11H2,1H3. The second-order valence-electron chi connectivity index (χ2n) is 3.36. The van der Waals surface area contributed by atoms with E-state index in [1.807, 2.05) is 0 Å². The Morgan fingerprint density at radius 3 is 2.71 bits per heavy atom. The molecule has 0 aliphatic rings. The minimum Gasteiger partial charge on any atom is -0.381 e. The van der Waals surface area contributed by atoms with Crippen LogP contribution >= 0.6 is 11.6 Å². The lowest BCUT2D eigenvalue weighted by Crippen LogP contribution is -2.00. The zero-order valence-corrected chi connectivity index (χ0v) is 9.55. The molecule has 0 fully saturated rings. The van der Waals surface area contributed by atoms with Crippen LogP contribution in [0.2, 0.25) is 5.02 Å². The van der Waals surface area contributed by atoms with Crippen molar-refractivity contribution in [2.24, 2.45) is 0 Å². The van der Waals surface area contributed by atoms with E-state index in [2.05, 4.69) is 10.3 Å². The maximum absolute atomic E-state index is 10.6. The molecule has 7 nitrogen and oxygen atoms in total. The van der Waals surface area contributed by atoms with Gasteiger partial charge in [-0.3, -0.25) is 10.1 Å². The zero-order valence-electron chi connectivity index (χ0n) is 8.79. The molecular formula is C9H8ClN5O2. The Hall–Kier alpha value is -2.15. The summed E-state index contributed by atoms with van der Waals surface area (Å²) in [7, 11) is 0. The van der Waals surface area contributed by atoms with E-state index in [1.54, 1.807) is 6.92 Å². The number of anilines is 1. The first-order chi connectivity index (χ1) is 8.00. The first-order valence-corrected chi connectivity index (χ1v) is 5.00. The Labute approximate surface area is 101 Å². The van der Waals surface area contributed by atoms with Gasteiger partial charge in [-0.25, -0.2) is 4.68 Å². The highest BCUT2D eigenvalue weighted by Crippen LogP contribution is 2.27. The van der Waals surface area contributed by atoms with Gasteiger partial charge in [0.25, 0.3) is 5.69 Å². The molecule has 1 heterocycles. The van der Waals surface area contributed by atoms with Gasteiger partial charge in [0, 0.05) is 6.07 Å². The monoisotopic (exact) mass is 253 g/mol. The maximum atomic E-state index is 10.6. The van der Waals surface area contributed by atoms with Gasteiger partial charge in [-0.1, -0.05) is 16.8 Å². The molecule has 2 rings (SSSR count). The number of hydrogen-bond acceptors (Lipinski definition) is 5. The third kappa shape index (κ3) is 1.92. The van der Waals surface area contributed by atoms with Crippen LogP contribution < -0.4 is 5.73 Å². The van der Waals surface area contributed by atoms with Crippen LogP contribution in [0.5, 0.6) is 0 Å². The van der Waals surface area contributed by atoms with Gasteiger partial charge in [0.05, 0.1) is 16.3 Å². The molecule has 0 atom stereocenters. The molecule has 88 valence electrons. The summed E-state index contributed by atoms with van der Waals surface area (Å²) in [5.41, 5.74) is 6.63. The molecule has 0 bridgehead atoms. The van der Waals surface area contributed by atoms with Crippen molar-refractivity contribution < 1.29 is 4.92 Å². The average Bonchev–Trinajstić information content (AvgIpc) is 2.59. The Morgan fingerprint density at radius 2 is 2.24 bits per heavy atom. The molecule has 0 radical (unpaired) electrons. The van der Waals surface area contributed by atoms with Gasteiger partial charge in [-0.05, 0) is 19.1 Å². The molecule has 2 aromatic rings. The van der Waals surface area contributed by atoms with E-state index >= 15 is 0 Å². The fourth-order valence-electron chi connectivity index (χ4n) is 1.36. The normalized spacial score (nSPS) is 10.5. The molecular weight excluding hydrogens is 246 g/mol. The van der Waals surface area contributed by atoms with Gasteiger partial charge in [0.1, 0.15) is 5.02 Å². The summed E-state index contributed by atoms with van der Waals surface area (Å²) in [6.45, 7) is 1.74. The average molecular weight is 254 g/mol. The van der Waals surface area contributed by atoms with Crippen LogP contribution in [0.15, 0.2) is 18.2 Å². The van der Waals surface area contributed by atoms with E-state index in [1.165, 1.54) is 22.9 Å². The summed E-state index contributed by atoms with van der Waals surface area (Å²) in [6, 6.07) is 4.29. The van der Waals surface area contributed by atoms with Crippen molar-refractivity contribution in [1.82, 2.24) is 15.0 Å². The van der Waals surface area contributed by atoms with E-state index in [0.29, 0.717) is 17.2 Å². The lowest BCUT2D eigenvalue weighted by Gasteiger charge is -2.03. The van der Waals surface area contributed by atoms with Gasteiger partial charge in [-0.15, -0.1) is 5.10 Å². The van der Waals surface area contributed by atoms with Gasteiger partial charge < -0.3 is 5.73 Å². The summed E-state index contributed by atoms with van der Waals surface area (Å²) < 4.78 is 1.46. The zero-order chi connectivity index (χ0) is 12.6. The quantitative estimate of drug-likeness (QED) is 0.649. The number of benzene rings is 1. The number of nitrogens with zero attached hydrogens (tertiary/aromatic N) is 4. The minimum absolute atomic E-state index is 0.0426. The molecule has 0 saturated carbocycles. The Bertz CT molecular complexity index is 595. The summed E-state index contributed by atoms with van der Waals surface area (Å²) in [5.74, 6) is 0.305. The molecule has 2 N–H and O–H groups in total. The number of nitro benzene ring substituents is 1. The lowest BCUT2D eigenvalue weighted by atomic mass is 10.3. The highest BCUT2D eigenvalue weighted by molar-refractivity contribution is 6.32. The molecule has 0 amide bonds. The predicted octanol–water partition coefficient (Wildman–Crippen LogP) is 1.72. The van der Waals surface area contributed by atoms with E-state index < -0.39 is 4.92 Å². The number of hydrogen-bond donors (Lipinski definition) is 1. The molecule has 0 saturated heterocycles. The van der Waals surface area contributed by atoms with Crippen LogP contribution in [0.25, 0.3) is 5.69 Å². The van der Waals surface area contributed by atoms with E-state index in [4.69, 9.17) is 17.3 Å². The van der Waals surface area contributed by atoms with Gasteiger partial charge in [0.15, 0.2) is 5.82 Å². The van der Waals surface area contributed by atoms with Gasteiger partial charge in [-0.2, -0.15) is 0 Å². The second-order valence-corrected chi connectivity index (χ2v) is 3.77. The van der Waals surface area contributed by atoms with Crippen LogP contribution in [-0.4, -0.2) is 19.9 Å². The van der Waals surface area contributed by atoms with Gasteiger partial charge in [0.2, 0.25) is 0 Å². The maximum Gasteiger partial charge on any atom is 0.288 e.